The first-order valence-corrected chi connectivity index (χ1v) is 7.41. The number of halogens is 1. The highest BCUT2D eigenvalue weighted by Gasteiger charge is 2.09. The van der Waals surface area contributed by atoms with Crippen molar-refractivity contribution in [2.24, 2.45) is 0 Å². The van der Waals surface area contributed by atoms with Gasteiger partial charge in [-0.3, -0.25) is 9.59 Å². The maximum absolute atomic E-state index is 13.5. The third-order valence-electron chi connectivity index (χ3n) is 3.15. The van der Waals surface area contributed by atoms with E-state index in [2.05, 4.69) is 15.3 Å². The number of aromatic nitrogens is 2. The Hall–Kier alpha value is -2.54. The molecule has 1 amide bonds. The van der Waals surface area contributed by atoms with Gasteiger partial charge >= 0.3 is 0 Å². The van der Waals surface area contributed by atoms with Crippen LogP contribution in [0.15, 0.2) is 41.5 Å². The smallest absolute Gasteiger partial charge is 0.259 e. The lowest BCUT2D eigenvalue weighted by Gasteiger charge is -2.04. The van der Waals surface area contributed by atoms with Crippen molar-refractivity contribution in [3.8, 4) is 0 Å². The SMILES string of the molecule is O=C(Cc1ccccc1F)NCc1cc2c(=O)[nH]cnc2s1. The zero-order valence-corrected chi connectivity index (χ0v) is 12.2. The first-order chi connectivity index (χ1) is 10.6. The number of nitrogens with zero attached hydrogens (tertiary/aromatic N) is 1. The molecule has 112 valence electrons. The molecule has 3 rings (SSSR count). The highest BCUT2D eigenvalue weighted by Crippen LogP contribution is 2.20. The van der Waals surface area contributed by atoms with Crippen LogP contribution in [0.4, 0.5) is 4.39 Å². The van der Waals surface area contributed by atoms with E-state index < -0.39 is 5.82 Å². The summed E-state index contributed by atoms with van der Waals surface area (Å²) in [7, 11) is 0. The lowest BCUT2D eigenvalue weighted by Crippen LogP contribution is -2.24. The third kappa shape index (κ3) is 3.04. The summed E-state index contributed by atoms with van der Waals surface area (Å²) < 4.78 is 13.5. The minimum Gasteiger partial charge on any atom is -0.351 e. The van der Waals surface area contributed by atoms with Gasteiger partial charge in [0.2, 0.25) is 5.91 Å². The number of carbonyl (C=O) groups is 1. The number of thiophene rings is 1. The van der Waals surface area contributed by atoms with Gasteiger partial charge in [0, 0.05) is 4.88 Å². The van der Waals surface area contributed by atoms with E-state index >= 15 is 0 Å². The molecule has 0 aliphatic carbocycles. The molecule has 22 heavy (non-hydrogen) atoms. The monoisotopic (exact) mass is 317 g/mol. The fourth-order valence-corrected chi connectivity index (χ4v) is 3.00. The molecule has 3 aromatic rings. The molecule has 2 aromatic heterocycles. The Morgan fingerprint density at radius 1 is 1.36 bits per heavy atom. The van der Waals surface area contributed by atoms with Crippen molar-refractivity contribution in [1.82, 2.24) is 15.3 Å². The largest absolute Gasteiger partial charge is 0.351 e. The van der Waals surface area contributed by atoms with Crippen molar-refractivity contribution in [1.29, 1.82) is 0 Å². The predicted molar refractivity (Wildman–Crippen MR) is 82.2 cm³/mol. The molecule has 0 fully saturated rings. The molecule has 0 spiro atoms. The molecule has 0 aliphatic heterocycles. The average molecular weight is 317 g/mol. The van der Waals surface area contributed by atoms with E-state index in [0.29, 0.717) is 15.8 Å². The fourth-order valence-electron chi connectivity index (χ4n) is 2.07. The van der Waals surface area contributed by atoms with Crippen LogP contribution in [0.25, 0.3) is 10.2 Å². The van der Waals surface area contributed by atoms with E-state index in [1.54, 1.807) is 24.3 Å². The number of nitrogens with one attached hydrogen (secondary N) is 2. The molecule has 0 saturated heterocycles. The molecule has 0 saturated carbocycles. The summed E-state index contributed by atoms with van der Waals surface area (Å²) in [4.78, 5) is 31.5. The number of H-pyrrole nitrogens is 1. The molecule has 0 bridgehead atoms. The van der Waals surface area contributed by atoms with Crippen molar-refractivity contribution < 1.29 is 9.18 Å². The summed E-state index contributed by atoms with van der Waals surface area (Å²) in [5.74, 6) is -0.667. The lowest BCUT2D eigenvalue weighted by molar-refractivity contribution is -0.120. The highest BCUT2D eigenvalue weighted by molar-refractivity contribution is 7.18. The van der Waals surface area contributed by atoms with Crippen LogP contribution in [-0.2, 0) is 17.8 Å². The summed E-state index contributed by atoms with van der Waals surface area (Å²) >= 11 is 1.34. The van der Waals surface area contributed by atoms with Crippen molar-refractivity contribution >= 4 is 27.5 Å². The van der Waals surface area contributed by atoms with Gasteiger partial charge in [-0.25, -0.2) is 9.37 Å². The van der Waals surface area contributed by atoms with Crippen LogP contribution in [0.1, 0.15) is 10.4 Å². The van der Waals surface area contributed by atoms with E-state index in [0.717, 1.165) is 4.88 Å². The van der Waals surface area contributed by atoms with E-state index in [1.165, 1.54) is 23.7 Å². The second-order valence-electron chi connectivity index (χ2n) is 4.71. The number of aromatic amines is 1. The Bertz CT molecular complexity index is 888. The minimum atomic E-state index is -0.393. The summed E-state index contributed by atoms with van der Waals surface area (Å²) in [6.07, 6.45) is 1.33. The van der Waals surface area contributed by atoms with Gasteiger partial charge in [0.1, 0.15) is 10.6 Å². The standard InChI is InChI=1S/C15H12FN3O2S/c16-12-4-2-1-3-9(12)5-13(20)17-7-10-6-11-14(21)18-8-19-15(11)22-10/h1-4,6,8H,5,7H2,(H,17,20)(H,18,19,21). The van der Waals surface area contributed by atoms with Crippen LogP contribution in [0.2, 0.25) is 0 Å². The van der Waals surface area contributed by atoms with Crippen LogP contribution in [0, 0.1) is 5.82 Å². The Kier molecular flexibility index (Phi) is 3.97. The zero-order chi connectivity index (χ0) is 15.5. The van der Waals surface area contributed by atoms with Crippen LogP contribution >= 0.6 is 11.3 Å². The molecule has 1 aromatic carbocycles. The molecule has 7 heteroatoms. The number of carbonyl (C=O) groups excluding carboxylic acids is 1. The van der Waals surface area contributed by atoms with E-state index in [4.69, 9.17) is 0 Å². The van der Waals surface area contributed by atoms with E-state index in [9.17, 15) is 14.0 Å². The van der Waals surface area contributed by atoms with Gasteiger partial charge in [0.05, 0.1) is 24.7 Å². The topological polar surface area (TPSA) is 74.8 Å². The van der Waals surface area contributed by atoms with Gasteiger partial charge < -0.3 is 10.3 Å². The fraction of sp³-hybridized carbons (Fsp3) is 0.133. The zero-order valence-electron chi connectivity index (χ0n) is 11.4. The third-order valence-corrected chi connectivity index (χ3v) is 4.20. The highest BCUT2D eigenvalue weighted by atomic mass is 32.1. The van der Waals surface area contributed by atoms with Gasteiger partial charge in [-0.2, -0.15) is 0 Å². The van der Waals surface area contributed by atoms with Gasteiger partial charge in [0.15, 0.2) is 0 Å². The summed E-state index contributed by atoms with van der Waals surface area (Å²) in [6, 6.07) is 7.88. The van der Waals surface area contributed by atoms with Gasteiger partial charge in [0.25, 0.3) is 5.56 Å². The molecule has 0 unspecified atom stereocenters. The van der Waals surface area contributed by atoms with Gasteiger partial charge in [-0.15, -0.1) is 11.3 Å². The number of amides is 1. The molecular weight excluding hydrogens is 305 g/mol. The minimum absolute atomic E-state index is 0.0175. The number of benzene rings is 1. The Labute approximate surface area is 128 Å². The van der Waals surface area contributed by atoms with Crippen molar-refractivity contribution in [3.05, 3.63) is 63.3 Å². The quantitative estimate of drug-likeness (QED) is 0.772. The second-order valence-corrected chi connectivity index (χ2v) is 5.82. The summed E-state index contributed by atoms with van der Waals surface area (Å²) in [5, 5.41) is 3.23. The number of hydrogen-bond acceptors (Lipinski definition) is 4. The van der Waals surface area contributed by atoms with E-state index in [-0.39, 0.29) is 24.4 Å². The second kappa shape index (κ2) is 6.07. The van der Waals surface area contributed by atoms with Crippen LogP contribution in [-0.4, -0.2) is 15.9 Å². The molecule has 5 nitrogen and oxygen atoms in total. The van der Waals surface area contributed by atoms with Crippen molar-refractivity contribution in [2.75, 3.05) is 0 Å². The Balaban J connectivity index is 1.66. The molecule has 0 aliphatic rings. The van der Waals surface area contributed by atoms with E-state index in [1.807, 2.05) is 0 Å². The first kappa shape index (κ1) is 14.4. The summed E-state index contributed by atoms with van der Waals surface area (Å²) in [5.41, 5.74) is 0.152. The molecule has 0 radical (unpaired) electrons. The average Bonchev–Trinajstić information content (AvgIpc) is 2.92. The maximum atomic E-state index is 13.5. The summed E-state index contributed by atoms with van der Waals surface area (Å²) in [6.45, 7) is 0.285. The Morgan fingerprint density at radius 2 is 2.18 bits per heavy atom. The molecular formula is C15H12FN3O2S. The maximum Gasteiger partial charge on any atom is 0.259 e. The normalized spacial score (nSPS) is 10.8. The van der Waals surface area contributed by atoms with Crippen molar-refractivity contribution in [2.45, 2.75) is 13.0 Å². The van der Waals surface area contributed by atoms with Gasteiger partial charge in [-0.05, 0) is 17.7 Å². The van der Waals surface area contributed by atoms with Crippen molar-refractivity contribution in [3.63, 3.8) is 0 Å². The lowest BCUT2D eigenvalue weighted by atomic mass is 10.1. The number of rotatable bonds is 4. The predicted octanol–water partition coefficient (Wildman–Crippen LogP) is 1.98. The first-order valence-electron chi connectivity index (χ1n) is 6.59. The van der Waals surface area contributed by atoms with Crippen LogP contribution in [0.5, 0.6) is 0 Å². The number of fused-ring (bicyclic) bond motifs is 1. The number of hydrogen-bond donors (Lipinski definition) is 2. The van der Waals surface area contributed by atoms with Gasteiger partial charge in [-0.1, -0.05) is 18.2 Å². The Morgan fingerprint density at radius 3 is 2.95 bits per heavy atom. The van der Waals surface area contributed by atoms with Crippen LogP contribution in [0.3, 0.4) is 0 Å². The van der Waals surface area contributed by atoms with Crippen LogP contribution < -0.4 is 10.9 Å². The molecule has 2 N–H and O–H groups in total. The molecule has 2 heterocycles. The molecule has 0 atom stereocenters.